The summed E-state index contributed by atoms with van der Waals surface area (Å²) in [5.74, 6) is -0.0215. The normalized spacial score (nSPS) is 13.3. The lowest BCUT2D eigenvalue weighted by atomic mass is 10.1. The fraction of sp³-hybridized carbons (Fsp3) is 0.286. The Morgan fingerprint density at radius 3 is 2.40 bits per heavy atom. The molecule has 0 radical (unpaired) electrons. The summed E-state index contributed by atoms with van der Waals surface area (Å²) in [7, 11) is -3.36. The Morgan fingerprint density at radius 2 is 1.85 bits per heavy atom. The van der Waals surface area contributed by atoms with Crippen molar-refractivity contribution in [2.45, 2.75) is 25.3 Å². The van der Waals surface area contributed by atoms with Crippen molar-refractivity contribution in [2.24, 2.45) is 5.73 Å². The van der Waals surface area contributed by atoms with Gasteiger partial charge in [0.15, 0.2) is 0 Å². The van der Waals surface area contributed by atoms with Gasteiger partial charge in [0.2, 0.25) is 10.0 Å². The minimum atomic E-state index is -3.36. The van der Waals surface area contributed by atoms with Gasteiger partial charge >= 0.3 is 0 Å². The molecule has 0 aliphatic rings. The molecule has 1 aromatic carbocycles. The van der Waals surface area contributed by atoms with Crippen molar-refractivity contribution < 1.29 is 8.42 Å². The summed E-state index contributed by atoms with van der Waals surface area (Å²) in [6.45, 7) is 2.30. The largest absolute Gasteiger partial charge is 0.326 e. The number of thiophene rings is 1. The van der Waals surface area contributed by atoms with Gasteiger partial charge in [0.1, 0.15) is 0 Å². The van der Waals surface area contributed by atoms with Crippen molar-refractivity contribution in [1.29, 1.82) is 0 Å². The molecule has 0 aliphatic heterocycles. The number of rotatable bonds is 6. The maximum absolute atomic E-state index is 12.1. The molecule has 0 aliphatic carbocycles. The van der Waals surface area contributed by atoms with Crippen molar-refractivity contribution in [1.82, 2.24) is 4.72 Å². The molecule has 4 nitrogen and oxygen atoms in total. The van der Waals surface area contributed by atoms with Gasteiger partial charge in [0, 0.05) is 12.6 Å². The smallest absolute Gasteiger partial charge is 0.216 e. The first-order valence-electron chi connectivity index (χ1n) is 6.30. The lowest BCUT2D eigenvalue weighted by Gasteiger charge is -2.13. The van der Waals surface area contributed by atoms with Crippen LogP contribution >= 0.6 is 11.3 Å². The molecule has 0 amide bonds. The number of nitrogens with one attached hydrogen (secondary N) is 1. The molecule has 1 unspecified atom stereocenters. The quantitative estimate of drug-likeness (QED) is 0.860. The van der Waals surface area contributed by atoms with E-state index in [9.17, 15) is 8.42 Å². The number of benzene rings is 1. The summed E-state index contributed by atoms with van der Waals surface area (Å²) in [4.78, 5) is 0. The Balaban J connectivity index is 2.03. The molecule has 1 atom stereocenters. The standard InChI is InChI=1S/C14H18N2O2S2/c1-11(14-6-7-19-9-14)16-20(17,18)10-13-4-2-12(8-15)3-5-13/h2-7,9,11,16H,8,10,15H2,1H3. The van der Waals surface area contributed by atoms with Crippen molar-refractivity contribution in [3.63, 3.8) is 0 Å². The lowest BCUT2D eigenvalue weighted by Crippen LogP contribution is -2.27. The van der Waals surface area contributed by atoms with Gasteiger partial charge in [-0.25, -0.2) is 13.1 Å². The second-order valence-corrected chi connectivity index (χ2v) is 7.21. The van der Waals surface area contributed by atoms with Crippen LogP contribution in [-0.4, -0.2) is 8.42 Å². The number of nitrogens with two attached hydrogens (primary N) is 1. The fourth-order valence-electron chi connectivity index (χ4n) is 1.89. The molecule has 0 spiro atoms. The summed E-state index contributed by atoms with van der Waals surface area (Å²) in [5.41, 5.74) is 8.25. The summed E-state index contributed by atoms with van der Waals surface area (Å²) < 4.78 is 26.9. The molecule has 1 aromatic heterocycles. The van der Waals surface area contributed by atoms with Gasteiger partial charge in [-0.05, 0) is 40.4 Å². The van der Waals surface area contributed by atoms with Crippen LogP contribution < -0.4 is 10.5 Å². The van der Waals surface area contributed by atoms with Gasteiger partial charge in [-0.2, -0.15) is 11.3 Å². The van der Waals surface area contributed by atoms with Crippen molar-refractivity contribution in [2.75, 3.05) is 0 Å². The minimum Gasteiger partial charge on any atom is -0.326 e. The van der Waals surface area contributed by atoms with Gasteiger partial charge in [0.25, 0.3) is 0 Å². The number of sulfonamides is 1. The molecular formula is C14H18N2O2S2. The Morgan fingerprint density at radius 1 is 1.20 bits per heavy atom. The highest BCUT2D eigenvalue weighted by Gasteiger charge is 2.16. The van der Waals surface area contributed by atoms with E-state index in [0.29, 0.717) is 6.54 Å². The van der Waals surface area contributed by atoms with Crippen molar-refractivity contribution in [3.05, 3.63) is 57.8 Å². The first-order chi connectivity index (χ1) is 9.50. The zero-order valence-corrected chi connectivity index (χ0v) is 12.9. The third-order valence-corrected chi connectivity index (χ3v) is 5.14. The summed E-state index contributed by atoms with van der Waals surface area (Å²) in [6, 6.07) is 9.02. The average molecular weight is 310 g/mol. The van der Waals surface area contributed by atoms with Gasteiger partial charge in [-0.15, -0.1) is 0 Å². The van der Waals surface area contributed by atoms with Gasteiger partial charge in [-0.1, -0.05) is 24.3 Å². The van der Waals surface area contributed by atoms with Crippen molar-refractivity contribution >= 4 is 21.4 Å². The van der Waals surface area contributed by atoms with Crippen molar-refractivity contribution in [3.8, 4) is 0 Å². The van der Waals surface area contributed by atoms with E-state index < -0.39 is 10.0 Å². The highest BCUT2D eigenvalue weighted by atomic mass is 32.2. The van der Waals surface area contributed by atoms with E-state index in [0.717, 1.165) is 16.7 Å². The third-order valence-electron chi connectivity index (χ3n) is 3.01. The van der Waals surface area contributed by atoms with E-state index in [1.807, 2.05) is 35.9 Å². The van der Waals surface area contributed by atoms with E-state index in [1.165, 1.54) is 0 Å². The van der Waals surface area contributed by atoms with Crippen LogP contribution in [0.5, 0.6) is 0 Å². The van der Waals surface area contributed by atoms with Crippen LogP contribution in [0.4, 0.5) is 0 Å². The SMILES string of the molecule is CC(NS(=O)(=O)Cc1ccc(CN)cc1)c1ccsc1. The minimum absolute atomic E-state index is 0.0215. The molecule has 0 fully saturated rings. The zero-order chi connectivity index (χ0) is 14.6. The van der Waals surface area contributed by atoms with Gasteiger partial charge in [0.05, 0.1) is 5.75 Å². The number of hydrogen-bond donors (Lipinski definition) is 2. The van der Waals surface area contributed by atoms with E-state index in [1.54, 1.807) is 23.5 Å². The Kier molecular flexibility index (Phi) is 4.93. The van der Waals surface area contributed by atoms with Crippen LogP contribution in [0.3, 0.4) is 0 Å². The average Bonchev–Trinajstić information content (AvgIpc) is 2.92. The van der Waals surface area contributed by atoms with Crippen LogP contribution in [0, 0.1) is 0 Å². The topological polar surface area (TPSA) is 72.2 Å². The third kappa shape index (κ3) is 4.14. The molecule has 20 heavy (non-hydrogen) atoms. The fourth-order valence-corrected chi connectivity index (χ4v) is 4.03. The monoisotopic (exact) mass is 310 g/mol. The maximum atomic E-state index is 12.1. The molecule has 108 valence electrons. The first kappa shape index (κ1) is 15.2. The van der Waals surface area contributed by atoms with Crippen LogP contribution in [0.2, 0.25) is 0 Å². The molecule has 2 rings (SSSR count). The summed E-state index contributed by atoms with van der Waals surface area (Å²) >= 11 is 1.56. The number of hydrogen-bond acceptors (Lipinski definition) is 4. The highest BCUT2D eigenvalue weighted by molar-refractivity contribution is 7.88. The van der Waals surface area contributed by atoms with Crippen LogP contribution in [0.25, 0.3) is 0 Å². The molecule has 0 saturated carbocycles. The Hall–Kier alpha value is -1.21. The van der Waals surface area contributed by atoms with Crippen LogP contribution in [-0.2, 0) is 22.3 Å². The van der Waals surface area contributed by atoms with E-state index in [2.05, 4.69) is 4.72 Å². The van der Waals surface area contributed by atoms with E-state index in [4.69, 9.17) is 5.73 Å². The predicted octanol–water partition coefficient (Wildman–Crippen LogP) is 2.39. The molecule has 3 N–H and O–H groups in total. The summed E-state index contributed by atoms with van der Waals surface area (Å²) in [5, 5.41) is 3.88. The second-order valence-electron chi connectivity index (χ2n) is 4.68. The molecule has 0 saturated heterocycles. The molecule has 2 aromatic rings. The van der Waals surface area contributed by atoms with Gasteiger partial charge < -0.3 is 5.73 Å². The molecule has 0 bridgehead atoms. The predicted molar refractivity (Wildman–Crippen MR) is 82.8 cm³/mol. The van der Waals surface area contributed by atoms with Crippen LogP contribution in [0.15, 0.2) is 41.1 Å². The second kappa shape index (κ2) is 6.49. The van der Waals surface area contributed by atoms with E-state index in [-0.39, 0.29) is 11.8 Å². The van der Waals surface area contributed by atoms with E-state index >= 15 is 0 Å². The molecule has 6 heteroatoms. The Bertz CT molecular complexity index is 634. The van der Waals surface area contributed by atoms with Gasteiger partial charge in [-0.3, -0.25) is 0 Å². The molecular weight excluding hydrogens is 292 g/mol. The maximum Gasteiger partial charge on any atom is 0.216 e. The highest BCUT2D eigenvalue weighted by Crippen LogP contribution is 2.17. The lowest BCUT2D eigenvalue weighted by molar-refractivity contribution is 0.566. The Labute approximate surface area is 123 Å². The van der Waals surface area contributed by atoms with Crippen LogP contribution in [0.1, 0.15) is 29.7 Å². The molecule has 1 heterocycles. The first-order valence-corrected chi connectivity index (χ1v) is 8.89. The zero-order valence-electron chi connectivity index (χ0n) is 11.2. The summed E-state index contributed by atoms with van der Waals surface area (Å²) in [6.07, 6.45) is 0.